The topological polar surface area (TPSA) is 121 Å². The van der Waals surface area contributed by atoms with Gasteiger partial charge in [-0.05, 0) is 99.2 Å². The summed E-state index contributed by atoms with van der Waals surface area (Å²) in [7, 11) is 0. The number of hydrogen-bond donors (Lipinski definition) is 6. The van der Waals surface area contributed by atoms with Crippen LogP contribution in [0.25, 0.3) is 0 Å². The third-order valence-electron chi connectivity index (χ3n) is 12.3. The number of aliphatic hydroxyl groups excluding tert-OH is 5. The Bertz CT molecular complexity index is 875. The van der Waals surface area contributed by atoms with Crippen LogP contribution in [-0.2, 0) is 0 Å². The minimum atomic E-state index is -1.18. The smallest absolute Gasteiger partial charge is 0.0853 e. The fourth-order valence-electron chi connectivity index (χ4n) is 9.77. The van der Waals surface area contributed by atoms with Crippen LogP contribution in [0.3, 0.4) is 0 Å². The Hall–Kier alpha value is -0.500. The minimum absolute atomic E-state index is 0.00555. The van der Waals surface area contributed by atoms with Gasteiger partial charge in [0.05, 0.1) is 30.0 Å². The van der Waals surface area contributed by atoms with E-state index in [0.717, 1.165) is 25.7 Å². The van der Waals surface area contributed by atoms with Crippen molar-refractivity contribution in [1.82, 2.24) is 0 Å². The largest absolute Gasteiger partial charge is 0.396 e. The van der Waals surface area contributed by atoms with Crippen LogP contribution in [0.1, 0.15) is 99.8 Å². The maximum atomic E-state index is 11.9. The Balaban J connectivity index is 1.69. The summed E-state index contributed by atoms with van der Waals surface area (Å²) in [6.45, 7) is 14.2. The van der Waals surface area contributed by atoms with Crippen LogP contribution in [0.15, 0.2) is 11.1 Å². The van der Waals surface area contributed by atoms with Crippen molar-refractivity contribution in [3.8, 4) is 0 Å². The van der Waals surface area contributed by atoms with E-state index in [1.54, 1.807) is 13.8 Å². The summed E-state index contributed by atoms with van der Waals surface area (Å²) in [5.41, 5.74) is 0.313. The zero-order valence-corrected chi connectivity index (χ0v) is 23.6. The molecule has 0 radical (unpaired) electrons. The van der Waals surface area contributed by atoms with Crippen LogP contribution >= 0.6 is 0 Å². The Morgan fingerprint density at radius 2 is 1.61 bits per heavy atom. The highest BCUT2D eigenvalue weighted by molar-refractivity contribution is 5.40. The SMILES string of the molecule is CC(C)(O)[C@H](O)CC[C@H](CO)[C@@H]1CC[C@]2(C)C3=C(C[C@H](O)[C@]12C)[C@]1(C)C[C@H](O)[C@H](O)C(C)(C)[C@@H]1CC3. The quantitative estimate of drug-likeness (QED) is 0.305. The Labute approximate surface area is 217 Å². The number of fused-ring (bicyclic) bond motifs is 4. The number of rotatable bonds is 6. The Morgan fingerprint density at radius 3 is 2.19 bits per heavy atom. The molecule has 0 aromatic heterocycles. The van der Waals surface area contributed by atoms with Gasteiger partial charge in [0.1, 0.15) is 0 Å². The third-order valence-corrected chi connectivity index (χ3v) is 12.3. The van der Waals surface area contributed by atoms with Crippen molar-refractivity contribution in [2.45, 2.75) is 130 Å². The molecule has 6 heteroatoms. The van der Waals surface area contributed by atoms with Crippen molar-refractivity contribution in [3.63, 3.8) is 0 Å². The van der Waals surface area contributed by atoms with E-state index in [4.69, 9.17) is 0 Å². The van der Waals surface area contributed by atoms with E-state index in [1.165, 1.54) is 11.1 Å². The lowest BCUT2D eigenvalue weighted by Gasteiger charge is -2.63. The molecule has 2 saturated carbocycles. The molecular formula is C30H52O6. The summed E-state index contributed by atoms with van der Waals surface area (Å²) < 4.78 is 0. The van der Waals surface area contributed by atoms with E-state index in [1.807, 2.05) is 0 Å². The average Bonchev–Trinajstić information content (AvgIpc) is 3.06. The summed E-state index contributed by atoms with van der Waals surface area (Å²) in [6.07, 6.45) is 2.97. The van der Waals surface area contributed by atoms with E-state index < -0.39 is 40.8 Å². The fraction of sp³-hybridized carbons (Fsp3) is 0.933. The maximum absolute atomic E-state index is 11.9. The lowest BCUT2D eigenvalue weighted by Crippen LogP contribution is -2.61. The van der Waals surface area contributed by atoms with Crippen LogP contribution in [-0.4, -0.2) is 67.3 Å². The van der Waals surface area contributed by atoms with Gasteiger partial charge in [-0.2, -0.15) is 0 Å². The van der Waals surface area contributed by atoms with Gasteiger partial charge in [-0.1, -0.05) is 45.8 Å². The molecule has 0 spiro atoms. The molecule has 36 heavy (non-hydrogen) atoms. The first-order valence-corrected chi connectivity index (χ1v) is 14.2. The predicted molar refractivity (Wildman–Crippen MR) is 140 cm³/mol. The summed E-state index contributed by atoms with van der Waals surface area (Å²) in [5, 5.41) is 64.7. The second-order valence-corrected chi connectivity index (χ2v) is 14.7. The van der Waals surface area contributed by atoms with E-state index >= 15 is 0 Å². The second kappa shape index (κ2) is 9.02. The van der Waals surface area contributed by atoms with Gasteiger partial charge in [0, 0.05) is 12.0 Å². The van der Waals surface area contributed by atoms with Crippen LogP contribution in [0, 0.1) is 39.4 Å². The molecule has 6 nitrogen and oxygen atoms in total. The average molecular weight is 509 g/mol. The molecule has 0 aromatic carbocycles. The molecule has 0 heterocycles. The van der Waals surface area contributed by atoms with Crippen LogP contribution in [0.2, 0.25) is 0 Å². The Kier molecular flexibility index (Phi) is 7.15. The second-order valence-electron chi connectivity index (χ2n) is 14.7. The van der Waals surface area contributed by atoms with Crippen LogP contribution < -0.4 is 0 Å². The fourth-order valence-corrected chi connectivity index (χ4v) is 9.77. The van der Waals surface area contributed by atoms with Gasteiger partial charge in [0.2, 0.25) is 0 Å². The van der Waals surface area contributed by atoms with Gasteiger partial charge in [-0.15, -0.1) is 0 Å². The molecule has 0 amide bonds. The van der Waals surface area contributed by atoms with Crippen molar-refractivity contribution < 1.29 is 30.6 Å². The van der Waals surface area contributed by atoms with Gasteiger partial charge in [0.25, 0.3) is 0 Å². The van der Waals surface area contributed by atoms with Gasteiger partial charge in [-0.3, -0.25) is 0 Å². The highest BCUT2D eigenvalue weighted by Gasteiger charge is 2.67. The molecule has 4 aliphatic carbocycles. The number of aliphatic hydroxyl groups is 6. The molecule has 0 saturated heterocycles. The van der Waals surface area contributed by atoms with Crippen molar-refractivity contribution in [2.24, 2.45) is 39.4 Å². The van der Waals surface area contributed by atoms with Gasteiger partial charge >= 0.3 is 0 Å². The van der Waals surface area contributed by atoms with Crippen molar-refractivity contribution in [3.05, 3.63) is 11.1 Å². The highest BCUT2D eigenvalue weighted by Crippen LogP contribution is 2.72. The van der Waals surface area contributed by atoms with Crippen LogP contribution in [0.5, 0.6) is 0 Å². The van der Waals surface area contributed by atoms with E-state index in [2.05, 4.69) is 34.6 Å². The van der Waals surface area contributed by atoms with Gasteiger partial charge in [0.15, 0.2) is 0 Å². The van der Waals surface area contributed by atoms with E-state index in [9.17, 15) is 30.6 Å². The molecule has 6 N–H and O–H groups in total. The third kappa shape index (κ3) is 3.88. The Morgan fingerprint density at radius 1 is 0.972 bits per heavy atom. The van der Waals surface area contributed by atoms with Crippen molar-refractivity contribution >= 4 is 0 Å². The van der Waals surface area contributed by atoms with E-state index in [0.29, 0.717) is 25.7 Å². The lowest BCUT2D eigenvalue weighted by molar-refractivity contribution is -0.163. The first kappa shape index (κ1) is 28.5. The molecule has 0 unspecified atom stereocenters. The molecular weight excluding hydrogens is 456 g/mol. The van der Waals surface area contributed by atoms with E-state index in [-0.39, 0.29) is 35.2 Å². The normalized spacial score (nSPS) is 46.1. The monoisotopic (exact) mass is 508 g/mol. The predicted octanol–water partition coefficient (Wildman–Crippen LogP) is 3.56. The molecule has 208 valence electrons. The molecule has 4 rings (SSSR count). The number of hydrogen-bond acceptors (Lipinski definition) is 6. The summed E-state index contributed by atoms with van der Waals surface area (Å²) >= 11 is 0. The van der Waals surface area contributed by atoms with Crippen molar-refractivity contribution in [1.29, 1.82) is 0 Å². The molecule has 0 aliphatic heterocycles. The first-order chi connectivity index (χ1) is 16.5. The maximum Gasteiger partial charge on any atom is 0.0853 e. The summed E-state index contributed by atoms with van der Waals surface area (Å²) in [5.74, 6) is 0.308. The van der Waals surface area contributed by atoms with Gasteiger partial charge in [-0.25, -0.2) is 0 Å². The molecule has 0 bridgehead atoms. The first-order valence-electron chi connectivity index (χ1n) is 14.2. The molecule has 2 fully saturated rings. The minimum Gasteiger partial charge on any atom is -0.396 e. The standard InChI is InChI=1S/C30H52O6/c1-26(2)22-10-9-19-20(28(22,5)15-21(32)25(26)35)14-24(34)30(7)18(12-13-29(19,30)6)17(16-31)8-11-23(33)27(3,4)36/h17-18,21-25,31-36H,8-16H2,1-7H3/t17-,18+,21+,22+,23-,24+,25+,28+,29-,30+/m1/s1. The number of allylic oxidation sites excluding steroid dienone is 1. The summed E-state index contributed by atoms with van der Waals surface area (Å²) in [6, 6.07) is 0. The highest BCUT2D eigenvalue weighted by atomic mass is 16.3. The molecule has 4 aliphatic rings. The van der Waals surface area contributed by atoms with Gasteiger partial charge < -0.3 is 30.6 Å². The zero-order valence-electron chi connectivity index (χ0n) is 23.6. The zero-order chi connectivity index (χ0) is 27.1. The summed E-state index contributed by atoms with van der Waals surface area (Å²) in [4.78, 5) is 0. The molecule has 0 aromatic rings. The lowest BCUT2D eigenvalue weighted by atomic mass is 9.42. The van der Waals surface area contributed by atoms with Crippen LogP contribution in [0.4, 0.5) is 0 Å². The molecule has 10 atom stereocenters. The van der Waals surface area contributed by atoms with Crippen molar-refractivity contribution in [2.75, 3.05) is 6.61 Å².